The minimum atomic E-state index is 0.0251. The Morgan fingerprint density at radius 1 is 1.04 bits per heavy atom. The smallest absolute Gasteiger partial charge is 0.126 e. The van der Waals surface area contributed by atoms with Crippen LogP contribution < -0.4 is 0 Å². The number of nitrogens with zero attached hydrogens (tertiary/aromatic N) is 3. The third kappa shape index (κ3) is 1.66. The minimum absolute atomic E-state index is 0.0251. The van der Waals surface area contributed by atoms with Gasteiger partial charge in [0.25, 0.3) is 0 Å². The summed E-state index contributed by atoms with van der Waals surface area (Å²) in [4.78, 5) is 8.70. The Labute approximate surface area is 133 Å². The van der Waals surface area contributed by atoms with Gasteiger partial charge in [-0.15, -0.1) is 0 Å². The first kappa shape index (κ1) is 12.6. The molecule has 1 unspecified atom stereocenters. The fourth-order valence-electron chi connectivity index (χ4n) is 3.86. The molecule has 23 heavy (non-hydrogen) atoms. The highest BCUT2D eigenvalue weighted by Crippen LogP contribution is 2.46. The molecule has 112 valence electrons. The van der Waals surface area contributed by atoms with E-state index in [0.717, 1.165) is 35.4 Å². The summed E-state index contributed by atoms with van der Waals surface area (Å²) in [6.07, 6.45) is 7.22. The Morgan fingerprint density at radius 2 is 1.91 bits per heavy atom. The van der Waals surface area contributed by atoms with Gasteiger partial charge in [-0.2, -0.15) is 0 Å². The van der Waals surface area contributed by atoms with E-state index < -0.39 is 0 Å². The lowest BCUT2D eigenvalue weighted by molar-refractivity contribution is 0.483. The van der Waals surface area contributed by atoms with Crippen LogP contribution in [0, 0.1) is 0 Å². The van der Waals surface area contributed by atoms with Gasteiger partial charge >= 0.3 is 0 Å². The Bertz CT molecular complexity index is 955. The Balaban J connectivity index is 1.75. The van der Waals surface area contributed by atoms with E-state index >= 15 is 0 Å². The molecule has 0 radical (unpaired) electrons. The molecular formula is C19H15N3O. The molecule has 0 bridgehead atoms. The Morgan fingerprint density at radius 3 is 2.87 bits per heavy atom. The molecule has 0 amide bonds. The fourth-order valence-corrected chi connectivity index (χ4v) is 3.86. The molecule has 0 fully saturated rings. The number of benzene rings is 1. The monoisotopic (exact) mass is 301 g/mol. The number of aliphatic hydroxyl groups is 1. The number of aromatic nitrogens is 3. The number of fused-ring (bicyclic) bond motifs is 4. The van der Waals surface area contributed by atoms with E-state index in [2.05, 4.69) is 32.7 Å². The van der Waals surface area contributed by atoms with Crippen molar-refractivity contribution in [2.75, 3.05) is 0 Å². The van der Waals surface area contributed by atoms with E-state index in [4.69, 9.17) is 0 Å². The van der Waals surface area contributed by atoms with Gasteiger partial charge in [0.1, 0.15) is 5.76 Å². The van der Waals surface area contributed by atoms with Crippen LogP contribution in [0.1, 0.15) is 29.3 Å². The van der Waals surface area contributed by atoms with E-state index in [1.165, 1.54) is 11.1 Å². The van der Waals surface area contributed by atoms with Crippen LogP contribution in [0.15, 0.2) is 60.7 Å². The summed E-state index contributed by atoms with van der Waals surface area (Å²) in [7, 11) is 0. The summed E-state index contributed by atoms with van der Waals surface area (Å²) >= 11 is 0. The van der Waals surface area contributed by atoms with Crippen molar-refractivity contribution in [3.8, 4) is 11.3 Å². The predicted molar refractivity (Wildman–Crippen MR) is 87.9 cm³/mol. The summed E-state index contributed by atoms with van der Waals surface area (Å²) < 4.78 is 2.16. The first-order valence-corrected chi connectivity index (χ1v) is 7.82. The molecule has 1 N–H and O–H groups in total. The molecule has 3 aromatic rings. The molecule has 4 nitrogen and oxygen atoms in total. The highest BCUT2D eigenvalue weighted by Gasteiger charge is 2.34. The number of rotatable bonds is 1. The van der Waals surface area contributed by atoms with Crippen LogP contribution in [-0.4, -0.2) is 19.6 Å². The second-order valence-electron chi connectivity index (χ2n) is 6.05. The van der Waals surface area contributed by atoms with Gasteiger partial charge in [-0.05, 0) is 36.1 Å². The average Bonchev–Trinajstić information content (AvgIpc) is 3.17. The number of allylic oxidation sites excluding steroid dienone is 1. The molecule has 2 aliphatic rings. The highest BCUT2D eigenvalue weighted by atomic mass is 16.3. The van der Waals surface area contributed by atoms with Crippen LogP contribution in [-0.2, 0) is 6.42 Å². The zero-order valence-corrected chi connectivity index (χ0v) is 12.5. The number of aliphatic hydroxyl groups excluding tert-OH is 1. The summed E-state index contributed by atoms with van der Waals surface area (Å²) in [6.45, 7) is 0. The first-order valence-electron chi connectivity index (χ1n) is 7.82. The van der Waals surface area contributed by atoms with Gasteiger partial charge in [0.05, 0.1) is 30.0 Å². The molecule has 0 spiro atoms. The van der Waals surface area contributed by atoms with Crippen molar-refractivity contribution in [3.63, 3.8) is 0 Å². The minimum Gasteiger partial charge on any atom is -0.507 e. The van der Waals surface area contributed by atoms with Crippen molar-refractivity contribution in [2.24, 2.45) is 0 Å². The van der Waals surface area contributed by atoms with Crippen LogP contribution in [0.2, 0.25) is 0 Å². The summed E-state index contributed by atoms with van der Waals surface area (Å²) in [5.41, 5.74) is 6.44. The summed E-state index contributed by atoms with van der Waals surface area (Å²) in [6, 6.07) is 12.2. The van der Waals surface area contributed by atoms with E-state index in [-0.39, 0.29) is 6.04 Å². The quantitative estimate of drug-likeness (QED) is 0.744. The van der Waals surface area contributed by atoms with E-state index in [0.29, 0.717) is 5.76 Å². The Hall–Kier alpha value is -2.88. The van der Waals surface area contributed by atoms with Crippen molar-refractivity contribution in [3.05, 3.63) is 77.5 Å². The molecule has 4 heteroatoms. The third-order valence-electron chi connectivity index (χ3n) is 4.89. The number of hydrogen-bond acceptors (Lipinski definition) is 3. The molecule has 0 saturated heterocycles. The third-order valence-corrected chi connectivity index (χ3v) is 4.89. The van der Waals surface area contributed by atoms with Crippen molar-refractivity contribution in [2.45, 2.75) is 18.9 Å². The van der Waals surface area contributed by atoms with Gasteiger partial charge in [-0.25, -0.2) is 4.98 Å². The Kier molecular flexibility index (Phi) is 2.50. The summed E-state index contributed by atoms with van der Waals surface area (Å²) in [5, 5.41) is 10.9. The van der Waals surface area contributed by atoms with Crippen LogP contribution in [0.25, 0.3) is 17.0 Å². The van der Waals surface area contributed by atoms with Gasteiger partial charge in [0, 0.05) is 17.3 Å². The molecule has 1 aliphatic heterocycles. The second kappa shape index (κ2) is 4.56. The van der Waals surface area contributed by atoms with Crippen LogP contribution in [0.4, 0.5) is 0 Å². The molecule has 1 aliphatic carbocycles. The van der Waals surface area contributed by atoms with Gasteiger partial charge in [0.15, 0.2) is 0 Å². The van der Waals surface area contributed by atoms with E-state index in [9.17, 15) is 5.11 Å². The normalized spacial score (nSPS) is 18.5. The van der Waals surface area contributed by atoms with Gasteiger partial charge < -0.3 is 9.67 Å². The fraction of sp³-hybridized carbons (Fsp3) is 0.158. The lowest BCUT2D eigenvalue weighted by atomic mass is 9.87. The molecule has 5 rings (SSSR count). The number of hydrogen-bond donors (Lipinski definition) is 1. The lowest BCUT2D eigenvalue weighted by Crippen LogP contribution is -2.15. The molecule has 0 saturated carbocycles. The maximum Gasteiger partial charge on any atom is 0.126 e. The zero-order chi connectivity index (χ0) is 15.4. The van der Waals surface area contributed by atoms with E-state index in [1.807, 2.05) is 30.7 Å². The zero-order valence-electron chi connectivity index (χ0n) is 12.5. The number of pyridine rings is 1. The average molecular weight is 301 g/mol. The largest absolute Gasteiger partial charge is 0.507 e. The number of imidazole rings is 1. The molecule has 2 aromatic heterocycles. The second-order valence-corrected chi connectivity index (χ2v) is 6.05. The highest BCUT2D eigenvalue weighted by molar-refractivity contribution is 5.74. The van der Waals surface area contributed by atoms with Gasteiger partial charge in [-0.3, -0.25) is 4.98 Å². The number of aryl methyl sites for hydroxylation is 1. The summed E-state index contributed by atoms with van der Waals surface area (Å²) in [5.74, 6) is 0.376. The van der Waals surface area contributed by atoms with Crippen LogP contribution in [0.5, 0.6) is 0 Å². The van der Waals surface area contributed by atoms with Gasteiger partial charge in [0.2, 0.25) is 0 Å². The van der Waals surface area contributed by atoms with Crippen molar-refractivity contribution < 1.29 is 5.11 Å². The van der Waals surface area contributed by atoms with Gasteiger partial charge in [-0.1, -0.05) is 24.3 Å². The maximum atomic E-state index is 10.9. The van der Waals surface area contributed by atoms with E-state index in [1.54, 1.807) is 6.20 Å². The predicted octanol–water partition coefficient (Wildman–Crippen LogP) is 3.76. The molecule has 1 atom stereocenters. The standard InChI is InChI=1S/C19H15N3O/c23-19-14-6-3-9-21-16(14)8-7-15(19)18-13-5-2-1-4-12(13)17-10-20-11-22(17)18/h1-6,9-11,18,23H,7-8H2. The molecular weight excluding hydrogens is 286 g/mol. The molecule has 1 aromatic carbocycles. The van der Waals surface area contributed by atoms with Crippen LogP contribution in [0.3, 0.4) is 0 Å². The van der Waals surface area contributed by atoms with Crippen molar-refractivity contribution in [1.82, 2.24) is 14.5 Å². The molecule has 3 heterocycles. The lowest BCUT2D eigenvalue weighted by Gasteiger charge is -2.25. The topological polar surface area (TPSA) is 50.9 Å². The van der Waals surface area contributed by atoms with Crippen molar-refractivity contribution in [1.29, 1.82) is 0 Å². The van der Waals surface area contributed by atoms with Crippen molar-refractivity contribution >= 4 is 5.76 Å². The van der Waals surface area contributed by atoms with Crippen LogP contribution >= 0.6 is 0 Å². The first-order chi connectivity index (χ1) is 11.3. The maximum absolute atomic E-state index is 10.9. The SMILES string of the molecule is OC1=C(C2c3ccccc3-c3cncn32)CCc2ncccc21.